The molecule has 0 aromatic heterocycles. The molecule has 2 aliphatic heterocycles. The van der Waals surface area contributed by atoms with Crippen molar-refractivity contribution in [3.05, 3.63) is 28.3 Å². The molecule has 1 fully saturated rings. The quantitative estimate of drug-likeness (QED) is 0.909. The van der Waals surface area contributed by atoms with Crippen molar-refractivity contribution in [1.82, 2.24) is 15.3 Å². The lowest BCUT2D eigenvalue weighted by atomic mass is 10.1. The third kappa shape index (κ3) is 3.03. The third-order valence-corrected chi connectivity index (χ3v) is 4.04. The Balaban J connectivity index is 1.64. The molecule has 0 spiro atoms. The van der Waals surface area contributed by atoms with E-state index in [-0.39, 0.29) is 0 Å². The zero-order valence-corrected chi connectivity index (χ0v) is 12.0. The molecule has 1 aromatic rings. The minimum atomic E-state index is 0.775. The number of nitrogens with one attached hydrogen (secondary N) is 1. The van der Waals surface area contributed by atoms with Gasteiger partial charge in [-0.15, -0.1) is 0 Å². The van der Waals surface area contributed by atoms with E-state index in [0.717, 1.165) is 56.5 Å². The Hall–Kier alpha value is -0.810. The van der Waals surface area contributed by atoms with Crippen molar-refractivity contribution in [3.63, 3.8) is 0 Å². The number of benzene rings is 1. The molecule has 19 heavy (non-hydrogen) atoms. The Morgan fingerprint density at radius 2 is 2.05 bits per heavy atom. The van der Waals surface area contributed by atoms with Crippen molar-refractivity contribution in [1.29, 1.82) is 0 Å². The number of hydrogen-bond donors (Lipinski definition) is 1. The van der Waals surface area contributed by atoms with Gasteiger partial charge in [-0.05, 0) is 24.7 Å². The van der Waals surface area contributed by atoms with Crippen LogP contribution in [0.5, 0.6) is 5.75 Å². The molecule has 4 nitrogen and oxygen atoms in total. The molecule has 3 rings (SSSR count). The van der Waals surface area contributed by atoms with Crippen LogP contribution in [0.15, 0.2) is 12.1 Å². The molecule has 1 saturated heterocycles. The monoisotopic (exact) mass is 281 g/mol. The highest BCUT2D eigenvalue weighted by molar-refractivity contribution is 6.30. The normalized spacial score (nSPS) is 20.3. The van der Waals surface area contributed by atoms with Crippen molar-refractivity contribution in [3.8, 4) is 5.75 Å². The fourth-order valence-electron chi connectivity index (χ4n) is 2.64. The molecule has 0 aliphatic carbocycles. The fraction of sp³-hybridized carbons (Fsp3) is 0.571. The lowest BCUT2D eigenvalue weighted by Gasteiger charge is -2.32. The van der Waals surface area contributed by atoms with Gasteiger partial charge in [0.15, 0.2) is 0 Å². The van der Waals surface area contributed by atoms with E-state index >= 15 is 0 Å². The minimum absolute atomic E-state index is 0.775. The van der Waals surface area contributed by atoms with Gasteiger partial charge in [0.25, 0.3) is 0 Å². The zero-order valence-electron chi connectivity index (χ0n) is 11.3. The SMILES string of the molecule is CN1CCN(NCc2cc(Cl)cc3c2OCC3)CC1. The van der Waals surface area contributed by atoms with Crippen molar-refractivity contribution in [2.24, 2.45) is 0 Å². The van der Waals surface area contributed by atoms with Gasteiger partial charge in [0, 0.05) is 49.7 Å². The average molecular weight is 282 g/mol. The first-order valence-corrected chi connectivity index (χ1v) is 7.21. The molecule has 0 radical (unpaired) electrons. The number of nitrogens with zero attached hydrogens (tertiary/aromatic N) is 2. The van der Waals surface area contributed by atoms with Crippen LogP contribution < -0.4 is 10.2 Å². The maximum Gasteiger partial charge on any atom is 0.127 e. The Labute approximate surface area is 119 Å². The lowest BCUT2D eigenvalue weighted by molar-refractivity contribution is 0.102. The molecule has 0 saturated carbocycles. The van der Waals surface area contributed by atoms with Crippen LogP contribution >= 0.6 is 11.6 Å². The molecule has 0 amide bonds. The number of hydrogen-bond acceptors (Lipinski definition) is 4. The van der Waals surface area contributed by atoms with E-state index < -0.39 is 0 Å². The predicted octanol–water partition coefficient (Wildman–Crippen LogP) is 1.53. The summed E-state index contributed by atoms with van der Waals surface area (Å²) in [5.74, 6) is 1.03. The first kappa shape index (κ1) is 13.2. The summed E-state index contributed by atoms with van der Waals surface area (Å²) in [5, 5.41) is 3.09. The van der Waals surface area contributed by atoms with Crippen LogP contribution in [0.3, 0.4) is 0 Å². The first-order chi connectivity index (χ1) is 9.22. The van der Waals surface area contributed by atoms with E-state index in [9.17, 15) is 0 Å². The molecule has 1 N–H and O–H groups in total. The minimum Gasteiger partial charge on any atom is -0.493 e. The van der Waals surface area contributed by atoms with E-state index in [2.05, 4.69) is 22.4 Å². The van der Waals surface area contributed by atoms with Gasteiger partial charge in [-0.1, -0.05) is 11.6 Å². The molecule has 0 bridgehead atoms. The van der Waals surface area contributed by atoms with Crippen molar-refractivity contribution in [2.75, 3.05) is 39.8 Å². The summed E-state index contributed by atoms with van der Waals surface area (Å²) in [5.41, 5.74) is 5.89. The highest BCUT2D eigenvalue weighted by Gasteiger charge is 2.19. The predicted molar refractivity (Wildman–Crippen MR) is 76.6 cm³/mol. The Morgan fingerprint density at radius 3 is 2.84 bits per heavy atom. The van der Waals surface area contributed by atoms with E-state index in [1.54, 1.807) is 0 Å². The molecule has 1 aromatic carbocycles. The van der Waals surface area contributed by atoms with Crippen LogP contribution in [-0.2, 0) is 13.0 Å². The zero-order chi connectivity index (χ0) is 13.2. The molecular formula is C14H20ClN3O. The Kier molecular flexibility index (Phi) is 3.93. The van der Waals surface area contributed by atoms with Crippen LogP contribution in [0.1, 0.15) is 11.1 Å². The van der Waals surface area contributed by atoms with Crippen molar-refractivity contribution < 1.29 is 4.74 Å². The fourth-order valence-corrected chi connectivity index (χ4v) is 2.90. The van der Waals surface area contributed by atoms with Gasteiger partial charge in [-0.2, -0.15) is 0 Å². The summed E-state index contributed by atoms with van der Waals surface area (Å²) >= 11 is 6.17. The number of hydrazine groups is 1. The van der Waals surface area contributed by atoms with E-state index in [1.807, 2.05) is 12.1 Å². The second-order valence-electron chi connectivity index (χ2n) is 5.28. The van der Waals surface area contributed by atoms with Crippen LogP contribution in [0.2, 0.25) is 5.02 Å². The molecule has 104 valence electrons. The molecule has 0 atom stereocenters. The Morgan fingerprint density at radius 1 is 1.26 bits per heavy atom. The highest BCUT2D eigenvalue weighted by Crippen LogP contribution is 2.32. The summed E-state index contributed by atoms with van der Waals surface area (Å²) in [6, 6.07) is 4.03. The van der Waals surface area contributed by atoms with E-state index in [1.165, 1.54) is 11.1 Å². The lowest BCUT2D eigenvalue weighted by Crippen LogP contribution is -2.50. The van der Waals surface area contributed by atoms with Crippen molar-refractivity contribution in [2.45, 2.75) is 13.0 Å². The summed E-state index contributed by atoms with van der Waals surface area (Å²) < 4.78 is 5.72. The standard InChI is InChI=1S/C14H20ClN3O/c1-17-3-5-18(6-4-17)16-10-12-9-13(15)8-11-2-7-19-14(11)12/h8-9,16H,2-7,10H2,1H3. The van der Waals surface area contributed by atoms with E-state index in [0.29, 0.717) is 0 Å². The molecule has 2 heterocycles. The smallest absolute Gasteiger partial charge is 0.127 e. The number of fused-ring (bicyclic) bond motifs is 1. The second-order valence-corrected chi connectivity index (χ2v) is 5.71. The van der Waals surface area contributed by atoms with Crippen molar-refractivity contribution >= 4 is 11.6 Å². The maximum absolute atomic E-state index is 6.17. The summed E-state index contributed by atoms with van der Waals surface area (Å²) in [7, 11) is 2.16. The molecular weight excluding hydrogens is 262 g/mol. The number of likely N-dealkylation sites (N-methyl/N-ethyl adjacent to an activating group) is 1. The van der Waals surface area contributed by atoms with Gasteiger partial charge in [0.2, 0.25) is 0 Å². The Bertz CT molecular complexity index is 458. The topological polar surface area (TPSA) is 27.7 Å². The highest BCUT2D eigenvalue weighted by atomic mass is 35.5. The van der Waals surface area contributed by atoms with Gasteiger partial charge >= 0.3 is 0 Å². The van der Waals surface area contributed by atoms with Gasteiger partial charge in [-0.3, -0.25) is 5.43 Å². The summed E-state index contributed by atoms with van der Waals surface area (Å²) in [4.78, 5) is 2.35. The van der Waals surface area contributed by atoms with Gasteiger partial charge < -0.3 is 9.64 Å². The number of piperazine rings is 1. The van der Waals surface area contributed by atoms with Crippen LogP contribution in [0.25, 0.3) is 0 Å². The summed E-state index contributed by atoms with van der Waals surface area (Å²) in [6.45, 7) is 5.89. The number of ether oxygens (including phenoxy) is 1. The molecule has 0 unspecified atom stereocenters. The van der Waals surface area contributed by atoms with Crippen LogP contribution in [-0.4, -0.2) is 49.7 Å². The number of rotatable bonds is 3. The van der Waals surface area contributed by atoms with Gasteiger partial charge in [-0.25, -0.2) is 5.01 Å². The second kappa shape index (κ2) is 5.67. The molecule has 2 aliphatic rings. The maximum atomic E-state index is 6.17. The molecule has 5 heteroatoms. The van der Waals surface area contributed by atoms with E-state index in [4.69, 9.17) is 16.3 Å². The number of halogens is 1. The third-order valence-electron chi connectivity index (χ3n) is 3.82. The van der Waals surface area contributed by atoms with Gasteiger partial charge in [0.05, 0.1) is 6.61 Å². The van der Waals surface area contributed by atoms with Gasteiger partial charge in [0.1, 0.15) is 5.75 Å². The summed E-state index contributed by atoms with van der Waals surface area (Å²) in [6.07, 6.45) is 0.970. The largest absolute Gasteiger partial charge is 0.493 e. The first-order valence-electron chi connectivity index (χ1n) is 6.83. The van der Waals surface area contributed by atoms with Crippen LogP contribution in [0, 0.1) is 0 Å². The van der Waals surface area contributed by atoms with Crippen LogP contribution in [0.4, 0.5) is 0 Å². The average Bonchev–Trinajstić information content (AvgIpc) is 2.85.